The van der Waals surface area contributed by atoms with Gasteiger partial charge in [-0.1, -0.05) is 41.5 Å². The molecule has 0 bridgehead atoms. The zero-order chi connectivity index (χ0) is 71.9. The standard InChI is InChI=1S/2C27H39NO5.C25H37NO3.C2H3ClO2/c2*1-25-12-9-19(28(3)24(30)32-4)15-18(25)6-7-22-21(25)10-13-26(2)20(11-14-27(22,26)31)17-5-8-23(29)33-16-17;1-23-11-8-18(26-3)14-17(23)5-6-21-20(23)9-12-24(2)19(10-13-25(21,24)28)16-4-7-22(27)29-15-16;1-5-2(3)4/h2*5,8,16,18-22,31H,6-7,9-15H2,1-4H3;4,7,15,17-21,26,28H,5-6,8-14H2,1-3H3;1H3/t2*18-,19?,20-,21+,22-,25+,26-,27+;17-,18?,19-,20+,21-,23+,24-,25+;/m111./s1. The summed E-state index contributed by atoms with van der Waals surface area (Å²) in [5.41, 5.74) is -0.157. The molecule has 3 aromatic rings. The van der Waals surface area contributed by atoms with Gasteiger partial charge >= 0.3 is 34.5 Å². The lowest BCUT2D eigenvalue weighted by atomic mass is 9.43. The van der Waals surface area contributed by atoms with Gasteiger partial charge in [0.1, 0.15) is 0 Å². The summed E-state index contributed by atoms with van der Waals surface area (Å²) in [6, 6.07) is 11.4. The highest BCUT2D eigenvalue weighted by Crippen LogP contribution is 2.74. The van der Waals surface area contributed by atoms with E-state index in [0.29, 0.717) is 58.8 Å². The van der Waals surface area contributed by atoms with E-state index in [-0.39, 0.29) is 86.0 Å². The third-order valence-corrected chi connectivity index (χ3v) is 32.6. The van der Waals surface area contributed by atoms with Crippen LogP contribution in [0.5, 0.6) is 0 Å². The lowest BCUT2D eigenvalue weighted by Crippen LogP contribution is -2.62. The maximum Gasteiger partial charge on any atom is 0.409 e. The number of carbonyl (C=O) groups is 3. The summed E-state index contributed by atoms with van der Waals surface area (Å²) in [5.74, 6) is 5.41. The SMILES string of the molecule is CNC1CC[C@@]2(C)[C@H](CC[C@@H]3[C@@H]2CC[C@]2(C)[C@@H](c4ccc(=O)oc4)CC[C@]32O)C1.COC(=O)Cl.COC(=O)N(C)C1CC[C@@]2(C)[C@H](CC[C@@H]3[C@@H]2CC[C@]2(C)[C@@H](c4ccc(=O)oc4)CC[C@]32O)C1.COC(=O)N(C)C1CC[C@@]2(C)[C@H](CC[C@@H]3[C@@H]2CC[C@]2(C)[C@@H](c4ccc(=O)oc4)CC[C@]32O)C1. The van der Waals surface area contributed by atoms with Gasteiger partial charge in [-0.2, -0.15) is 0 Å². The van der Waals surface area contributed by atoms with Crippen LogP contribution < -0.4 is 22.2 Å². The van der Waals surface area contributed by atoms with Crippen LogP contribution in [-0.4, -0.2) is 120 Å². The van der Waals surface area contributed by atoms with E-state index in [1.807, 2.05) is 32.3 Å². The van der Waals surface area contributed by atoms with Crippen LogP contribution in [0.25, 0.3) is 0 Å². The predicted octanol–water partition coefficient (Wildman–Crippen LogP) is 15.4. The van der Waals surface area contributed by atoms with Crippen molar-refractivity contribution in [2.75, 3.05) is 42.5 Å². The summed E-state index contributed by atoms with van der Waals surface area (Å²) in [4.78, 5) is 71.6. The number of hydrogen-bond donors (Lipinski definition) is 4. The van der Waals surface area contributed by atoms with Crippen LogP contribution in [0.1, 0.15) is 249 Å². The predicted molar refractivity (Wildman–Crippen MR) is 382 cm³/mol. The first-order chi connectivity index (χ1) is 47.4. The van der Waals surface area contributed by atoms with Crippen LogP contribution in [0.3, 0.4) is 0 Å². The van der Waals surface area contributed by atoms with Crippen molar-refractivity contribution in [3.63, 3.8) is 0 Å². The average molecular weight is 1410 g/mol. The van der Waals surface area contributed by atoms with Gasteiger partial charge in [0.15, 0.2) is 0 Å². The van der Waals surface area contributed by atoms with Crippen LogP contribution in [-0.2, 0) is 14.2 Å². The first kappa shape index (κ1) is 74.7. The zero-order valence-electron chi connectivity index (χ0n) is 62.0. The number of hydrogen-bond acceptors (Lipinski definition) is 16. The maximum absolute atomic E-state index is 12.3. The third kappa shape index (κ3) is 12.3. The first-order valence-electron chi connectivity index (χ1n) is 38.3. The van der Waals surface area contributed by atoms with Crippen LogP contribution >= 0.6 is 11.6 Å². The van der Waals surface area contributed by atoms with Crippen molar-refractivity contribution in [3.05, 3.63) is 103 Å². The minimum Gasteiger partial charge on any atom is -0.457 e. The summed E-state index contributed by atoms with van der Waals surface area (Å²) in [6.07, 6.45) is 33.3. The van der Waals surface area contributed by atoms with Gasteiger partial charge in [-0.3, -0.25) is 0 Å². The molecule has 3 unspecified atom stereocenters. The Bertz CT molecular complexity index is 3420. The molecule has 24 atom stereocenters. The molecule has 12 aliphatic rings. The average Bonchev–Trinajstić information content (AvgIpc) is 1.40. The molecule has 15 rings (SSSR count). The van der Waals surface area contributed by atoms with Gasteiger partial charge in [0.05, 0.1) is 56.9 Å². The van der Waals surface area contributed by atoms with Gasteiger partial charge in [-0.05, 0) is 303 Å². The molecule has 0 spiro atoms. The summed E-state index contributed by atoms with van der Waals surface area (Å²) in [7, 11) is 9.96. The highest BCUT2D eigenvalue weighted by molar-refractivity contribution is 6.61. The molecule has 12 saturated carbocycles. The Morgan fingerprint density at radius 1 is 0.430 bits per heavy atom. The maximum atomic E-state index is 12.3. The highest BCUT2D eigenvalue weighted by atomic mass is 35.5. The number of nitrogens with zero attached hydrogens (tertiary/aromatic N) is 2. The monoisotopic (exact) mass is 1410 g/mol. The fraction of sp³-hybridized carbons (Fsp3) is 0.778. The van der Waals surface area contributed by atoms with E-state index in [4.69, 9.17) is 22.7 Å². The summed E-state index contributed by atoms with van der Waals surface area (Å²) >= 11 is 4.60. The van der Waals surface area contributed by atoms with Crippen molar-refractivity contribution in [3.8, 4) is 0 Å². The van der Waals surface area contributed by atoms with Gasteiger partial charge in [0.25, 0.3) is 0 Å². The smallest absolute Gasteiger partial charge is 0.409 e. The van der Waals surface area contributed by atoms with E-state index in [1.54, 1.807) is 28.6 Å². The number of carbonyl (C=O) groups excluding carboxylic acids is 3. The second-order valence-corrected chi connectivity index (χ2v) is 35.6. The molecule has 0 radical (unpaired) electrons. The molecule has 12 fully saturated rings. The zero-order valence-corrected chi connectivity index (χ0v) is 62.7. The molecule has 2 amide bonds. The lowest BCUT2D eigenvalue weighted by molar-refractivity contribution is -0.203. The van der Waals surface area contributed by atoms with Crippen molar-refractivity contribution in [1.82, 2.24) is 15.1 Å². The Morgan fingerprint density at radius 3 is 1.02 bits per heavy atom. The van der Waals surface area contributed by atoms with Gasteiger partial charge < -0.3 is 57.9 Å². The Morgan fingerprint density at radius 2 is 0.740 bits per heavy atom. The second-order valence-electron chi connectivity index (χ2n) is 35.3. The van der Waals surface area contributed by atoms with E-state index < -0.39 is 22.2 Å². The molecule has 0 saturated heterocycles. The van der Waals surface area contributed by atoms with Crippen molar-refractivity contribution in [2.45, 2.75) is 268 Å². The number of ether oxygens (including phenoxy) is 3. The van der Waals surface area contributed by atoms with Gasteiger partial charge in [-0.15, -0.1) is 0 Å². The summed E-state index contributed by atoms with van der Waals surface area (Å²) in [6.45, 7) is 14.4. The lowest BCUT2D eigenvalue weighted by Gasteiger charge is -2.64. The summed E-state index contributed by atoms with van der Waals surface area (Å²) in [5, 5.41) is 40.5. The Hall–Kier alpha value is -5.01. The number of nitrogens with one attached hydrogen (secondary N) is 1. The van der Waals surface area contributed by atoms with Gasteiger partial charge in [-0.25, -0.2) is 28.8 Å². The van der Waals surface area contributed by atoms with Crippen LogP contribution in [0.15, 0.2) is 82.8 Å². The topological polar surface area (TPSA) is 249 Å². The number of rotatable bonds is 6. The fourth-order valence-electron chi connectivity index (χ4n) is 26.5. The number of halogens is 1. The van der Waals surface area contributed by atoms with Crippen molar-refractivity contribution >= 4 is 29.2 Å². The second kappa shape index (κ2) is 28.1. The minimum absolute atomic E-state index is 0.126. The van der Waals surface area contributed by atoms with E-state index in [0.717, 1.165) is 157 Å². The molecule has 100 heavy (non-hydrogen) atoms. The van der Waals surface area contributed by atoms with E-state index in [2.05, 4.69) is 70.2 Å². The van der Waals surface area contributed by atoms with Crippen LogP contribution in [0.2, 0.25) is 0 Å². The Kier molecular flexibility index (Phi) is 21.0. The van der Waals surface area contributed by atoms with Gasteiger partial charge in [0, 0.05) is 78.3 Å². The minimum atomic E-state index is -0.773. The Labute approximate surface area is 597 Å². The van der Waals surface area contributed by atoms with E-state index in [1.165, 1.54) is 78.1 Å². The molecule has 0 aromatic carbocycles. The molecule has 19 heteroatoms. The molecule has 3 aromatic heterocycles. The third-order valence-electron chi connectivity index (χ3n) is 32.5. The fourth-order valence-corrected chi connectivity index (χ4v) is 26.5. The van der Waals surface area contributed by atoms with E-state index >= 15 is 0 Å². The number of aliphatic hydroxyl groups is 3. The summed E-state index contributed by atoms with van der Waals surface area (Å²) < 4.78 is 29.4. The normalized spacial score (nSPS) is 43.9. The number of methoxy groups -OCH3 is 3. The van der Waals surface area contributed by atoms with E-state index in [9.17, 15) is 44.1 Å². The molecule has 18 nitrogen and oxygen atoms in total. The Balaban J connectivity index is 0.000000138. The number of amides is 2. The molecule has 4 N–H and O–H groups in total. The van der Waals surface area contributed by atoms with Crippen LogP contribution in [0.4, 0.5) is 14.4 Å². The van der Waals surface area contributed by atoms with Crippen molar-refractivity contribution in [1.29, 1.82) is 0 Å². The molecule has 12 aliphatic carbocycles. The molecule has 554 valence electrons. The van der Waals surface area contributed by atoms with Gasteiger partial charge in [0.2, 0.25) is 0 Å². The first-order valence-corrected chi connectivity index (χ1v) is 38.7. The quantitative estimate of drug-likeness (QED) is 0.132. The van der Waals surface area contributed by atoms with Crippen molar-refractivity contribution in [2.24, 2.45) is 85.8 Å². The molecule has 0 aliphatic heterocycles. The number of fused-ring (bicyclic) bond motifs is 15. The highest BCUT2D eigenvalue weighted by Gasteiger charge is 2.71. The molecule has 3 heterocycles. The molecular weight excluding hydrogens is 1290 g/mol. The van der Waals surface area contributed by atoms with Crippen molar-refractivity contribution < 1.29 is 57.2 Å². The van der Waals surface area contributed by atoms with Crippen LogP contribution in [0, 0.1) is 85.8 Å². The largest absolute Gasteiger partial charge is 0.457 e. The molecular formula is C81H118ClN3O15.